The first kappa shape index (κ1) is 12.3. The van der Waals surface area contributed by atoms with Crippen molar-refractivity contribution in [2.75, 3.05) is 13.1 Å². The highest BCUT2D eigenvalue weighted by atomic mass is 16.5. The molecule has 5 heteroatoms. The average Bonchev–Trinajstić information content (AvgIpc) is 2.88. The summed E-state index contributed by atoms with van der Waals surface area (Å²) >= 11 is 0. The molecule has 0 amide bonds. The number of piperidine rings is 1. The van der Waals surface area contributed by atoms with Crippen LogP contribution in [0.15, 0.2) is 29.0 Å². The Hall–Kier alpha value is -1.75. The molecule has 0 atom stereocenters. The standard InChI is InChI=1S/C14H18N4O/c1-2-12(10-16-5-1)8-13-17-14(19-18-13)9-11-3-6-15-7-4-11/h1-2,5,10-11,15H,3-4,6-9H2. The third-order valence-corrected chi connectivity index (χ3v) is 3.52. The molecule has 0 radical (unpaired) electrons. The van der Waals surface area contributed by atoms with Crippen LogP contribution in [0.25, 0.3) is 0 Å². The minimum absolute atomic E-state index is 0.674. The molecular formula is C14H18N4O. The SMILES string of the molecule is c1cncc(Cc2noc(CC3CCNCC3)n2)c1. The fourth-order valence-electron chi connectivity index (χ4n) is 2.46. The molecule has 0 bridgehead atoms. The van der Waals surface area contributed by atoms with Gasteiger partial charge in [0.2, 0.25) is 5.89 Å². The van der Waals surface area contributed by atoms with Crippen LogP contribution in [0.3, 0.4) is 0 Å². The quantitative estimate of drug-likeness (QED) is 0.902. The van der Waals surface area contributed by atoms with Crippen LogP contribution >= 0.6 is 0 Å². The van der Waals surface area contributed by atoms with E-state index in [4.69, 9.17) is 4.52 Å². The van der Waals surface area contributed by atoms with E-state index in [-0.39, 0.29) is 0 Å². The Morgan fingerprint density at radius 3 is 3.00 bits per heavy atom. The second-order valence-corrected chi connectivity index (χ2v) is 5.04. The first-order chi connectivity index (χ1) is 9.40. The monoisotopic (exact) mass is 258 g/mol. The van der Waals surface area contributed by atoms with Crippen LogP contribution in [0, 0.1) is 5.92 Å². The van der Waals surface area contributed by atoms with Gasteiger partial charge in [0.1, 0.15) is 0 Å². The van der Waals surface area contributed by atoms with E-state index in [0.717, 1.165) is 36.8 Å². The molecule has 1 saturated heterocycles. The van der Waals surface area contributed by atoms with Crippen LogP contribution in [0.1, 0.15) is 30.1 Å². The lowest BCUT2D eigenvalue weighted by atomic mass is 9.95. The van der Waals surface area contributed by atoms with Crippen LogP contribution < -0.4 is 5.32 Å². The molecule has 0 spiro atoms. The molecule has 3 rings (SSSR count). The molecule has 5 nitrogen and oxygen atoms in total. The van der Waals surface area contributed by atoms with E-state index >= 15 is 0 Å². The molecule has 2 aromatic rings. The Kier molecular flexibility index (Phi) is 3.83. The molecule has 1 aliphatic heterocycles. The molecule has 19 heavy (non-hydrogen) atoms. The first-order valence-corrected chi connectivity index (χ1v) is 6.81. The minimum atomic E-state index is 0.674. The summed E-state index contributed by atoms with van der Waals surface area (Å²) in [6.45, 7) is 2.20. The van der Waals surface area contributed by atoms with Gasteiger partial charge in [-0.2, -0.15) is 4.98 Å². The van der Waals surface area contributed by atoms with Crippen LogP contribution in [0.4, 0.5) is 0 Å². The Bertz CT molecular complexity index is 505. The van der Waals surface area contributed by atoms with E-state index < -0.39 is 0 Å². The van der Waals surface area contributed by atoms with Gasteiger partial charge in [0.25, 0.3) is 0 Å². The van der Waals surface area contributed by atoms with Crippen molar-refractivity contribution in [1.29, 1.82) is 0 Å². The van der Waals surface area contributed by atoms with Crippen molar-refractivity contribution in [3.63, 3.8) is 0 Å². The van der Waals surface area contributed by atoms with Gasteiger partial charge in [0.15, 0.2) is 5.82 Å². The number of rotatable bonds is 4. The second kappa shape index (κ2) is 5.93. The van der Waals surface area contributed by atoms with Gasteiger partial charge < -0.3 is 9.84 Å². The summed E-state index contributed by atoms with van der Waals surface area (Å²) in [5, 5.41) is 7.41. The van der Waals surface area contributed by atoms with Gasteiger partial charge in [-0.15, -0.1) is 0 Å². The Morgan fingerprint density at radius 2 is 2.21 bits per heavy atom. The topological polar surface area (TPSA) is 63.8 Å². The van der Waals surface area contributed by atoms with E-state index in [1.807, 2.05) is 18.3 Å². The zero-order valence-corrected chi connectivity index (χ0v) is 10.9. The predicted octanol–water partition coefficient (Wildman–Crippen LogP) is 1.60. The maximum absolute atomic E-state index is 5.34. The zero-order chi connectivity index (χ0) is 12.9. The van der Waals surface area contributed by atoms with Crippen molar-refractivity contribution in [1.82, 2.24) is 20.4 Å². The van der Waals surface area contributed by atoms with E-state index in [0.29, 0.717) is 12.3 Å². The second-order valence-electron chi connectivity index (χ2n) is 5.04. The summed E-state index contributed by atoms with van der Waals surface area (Å²) in [5.74, 6) is 2.19. The number of aromatic nitrogens is 3. The minimum Gasteiger partial charge on any atom is -0.339 e. The highest BCUT2D eigenvalue weighted by molar-refractivity contribution is 5.13. The molecule has 100 valence electrons. The smallest absolute Gasteiger partial charge is 0.226 e. The number of pyridine rings is 1. The molecule has 1 N–H and O–H groups in total. The normalized spacial score (nSPS) is 16.6. The molecule has 0 aromatic carbocycles. The first-order valence-electron chi connectivity index (χ1n) is 6.81. The third-order valence-electron chi connectivity index (χ3n) is 3.52. The number of nitrogens with one attached hydrogen (secondary N) is 1. The Morgan fingerprint density at radius 1 is 1.32 bits per heavy atom. The molecule has 3 heterocycles. The molecule has 2 aromatic heterocycles. The maximum atomic E-state index is 5.34. The van der Waals surface area contributed by atoms with Gasteiger partial charge in [-0.05, 0) is 43.5 Å². The van der Waals surface area contributed by atoms with Gasteiger partial charge in [-0.1, -0.05) is 11.2 Å². The fourth-order valence-corrected chi connectivity index (χ4v) is 2.46. The van der Waals surface area contributed by atoms with Crippen LogP contribution in [-0.4, -0.2) is 28.2 Å². The Labute approximate surface area is 112 Å². The van der Waals surface area contributed by atoms with Gasteiger partial charge in [-0.25, -0.2) is 0 Å². The van der Waals surface area contributed by atoms with Crippen LogP contribution in [0.2, 0.25) is 0 Å². The largest absolute Gasteiger partial charge is 0.339 e. The van der Waals surface area contributed by atoms with Crippen LogP contribution in [0.5, 0.6) is 0 Å². The van der Waals surface area contributed by atoms with Crippen molar-refractivity contribution in [3.05, 3.63) is 41.8 Å². The molecule has 1 aliphatic rings. The summed E-state index contributed by atoms with van der Waals surface area (Å²) in [6, 6.07) is 3.95. The summed E-state index contributed by atoms with van der Waals surface area (Å²) < 4.78 is 5.34. The molecule has 0 unspecified atom stereocenters. The molecule has 1 fully saturated rings. The van der Waals surface area contributed by atoms with Gasteiger partial charge in [-0.3, -0.25) is 4.98 Å². The molecule has 0 aliphatic carbocycles. The molecular weight excluding hydrogens is 240 g/mol. The van der Waals surface area contributed by atoms with Crippen molar-refractivity contribution in [3.8, 4) is 0 Å². The van der Waals surface area contributed by atoms with Gasteiger partial charge in [0, 0.05) is 25.2 Å². The van der Waals surface area contributed by atoms with Crippen LogP contribution in [-0.2, 0) is 12.8 Å². The lowest BCUT2D eigenvalue weighted by Crippen LogP contribution is -2.28. The van der Waals surface area contributed by atoms with Crippen molar-refractivity contribution >= 4 is 0 Å². The van der Waals surface area contributed by atoms with Gasteiger partial charge >= 0.3 is 0 Å². The zero-order valence-electron chi connectivity index (χ0n) is 10.9. The van der Waals surface area contributed by atoms with E-state index in [1.54, 1.807) is 6.20 Å². The summed E-state index contributed by atoms with van der Waals surface area (Å²) in [6.07, 6.45) is 7.58. The highest BCUT2D eigenvalue weighted by Crippen LogP contribution is 2.17. The number of hydrogen-bond donors (Lipinski definition) is 1. The summed E-state index contributed by atoms with van der Waals surface area (Å²) in [5.41, 5.74) is 1.11. The lowest BCUT2D eigenvalue weighted by molar-refractivity contribution is 0.312. The highest BCUT2D eigenvalue weighted by Gasteiger charge is 2.17. The maximum Gasteiger partial charge on any atom is 0.226 e. The van der Waals surface area contributed by atoms with Gasteiger partial charge in [0.05, 0.1) is 0 Å². The average molecular weight is 258 g/mol. The van der Waals surface area contributed by atoms with Crippen molar-refractivity contribution in [2.45, 2.75) is 25.7 Å². The summed E-state index contributed by atoms with van der Waals surface area (Å²) in [4.78, 5) is 8.56. The Balaban J connectivity index is 1.59. The van der Waals surface area contributed by atoms with E-state index in [2.05, 4.69) is 20.4 Å². The van der Waals surface area contributed by atoms with E-state index in [9.17, 15) is 0 Å². The lowest BCUT2D eigenvalue weighted by Gasteiger charge is -2.20. The number of nitrogens with zero attached hydrogens (tertiary/aromatic N) is 3. The fraction of sp³-hybridized carbons (Fsp3) is 0.500. The molecule has 0 saturated carbocycles. The third kappa shape index (κ3) is 3.38. The summed E-state index contributed by atoms with van der Waals surface area (Å²) in [7, 11) is 0. The van der Waals surface area contributed by atoms with Crippen molar-refractivity contribution < 1.29 is 4.52 Å². The number of hydrogen-bond acceptors (Lipinski definition) is 5. The van der Waals surface area contributed by atoms with Crippen molar-refractivity contribution in [2.24, 2.45) is 5.92 Å². The van der Waals surface area contributed by atoms with E-state index in [1.165, 1.54) is 12.8 Å². The predicted molar refractivity (Wildman–Crippen MR) is 70.6 cm³/mol.